The Hall–Kier alpha value is -4.80. The van der Waals surface area contributed by atoms with Gasteiger partial charge in [-0.2, -0.15) is 0 Å². The fourth-order valence-corrected chi connectivity index (χ4v) is 8.82. The van der Waals surface area contributed by atoms with Crippen molar-refractivity contribution in [1.82, 2.24) is 19.6 Å². The summed E-state index contributed by atoms with van der Waals surface area (Å²) in [5, 5.41) is 12.2. The molecule has 1 atom stereocenters. The number of nitrogens with one attached hydrogen (secondary N) is 1. The van der Waals surface area contributed by atoms with Crippen LogP contribution in [0.3, 0.4) is 0 Å². The molecule has 2 heterocycles. The maximum absolute atomic E-state index is 14.5. The van der Waals surface area contributed by atoms with Crippen molar-refractivity contribution in [3.63, 3.8) is 0 Å². The van der Waals surface area contributed by atoms with Gasteiger partial charge >= 0.3 is 0 Å². The molecule has 0 aliphatic heterocycles. The van der Waals surface area contributed by atoms with Gasteiger partial charge in [0.15, 0.2) is 4.80 Å². The molecule has 0 fully saturated rings. The van der Waals surface area contributed by atoms with Crippen molar-refractivity contribution in [2.24, 2.45) is 12.0 Å². The van der Waals surface area contributed by atoms with E-state index in [1.165, 1.54) is 101 Å². The molecular formula is C49H64N6O3S. The summed E-state index contributed by atoms with van der Waals surface area (Å²) in [6, 6.07) is 31.4. The van der Waals surface area contributed by atoms with Crippen LogP contribution in [0.5, 0.6) is 5.75 Å². The SMILES string of the molecule is CCCCCCCCCCCCCCCCCCOc1ccc(CC(OCC)(C(=O)Nc2ccccc2)n2nnc3cc(N=c4sc5ccccc5n4C)ccc32)cc1. The summed E-state index contributed by atoms with van der Waals surface area (Å²) in [6.45, 7) is 5.15. The molecule has 59 heavy (non-hydrogen) atoms. The first-order valence-corrected chi connectivity index (χ1v) is 23.0. The first-order chi connectivity index (χ1) is 29.0. The number of carbonyl (C=O) groups is 1. The molecule has 0 spiro atoms. The summed E-state index contributed by atoms with van der Waals surface area (Å²) in [7, 11) is 2.02. The van der Waals surface area contributed by atoms with Gasteiger partial charge in [0.05, 0.1) is 28.0 Å². The highest BCUT2D eigenvalue weighted by Crippen LogP contribution is 2.32. The Morgan fingerprint density at radius 1 is 0.729 bits per heavy atom. The average molecular weight is 817 g/mol. The smallest absolute Gasteiger partial charge is 0.280 e. The summed E-state index contributed by atoms with van der Waals surface area (Å²) >= 11 is 1.63. The number of aryl methyl sites for hydroxylation is 1. The minimum atomic E-state index is -1.54. The predicted octanol–water partition coefficient (Wildman–Crippen LogP) is 12.4. The number of fused-ring (bicyclic) bond motifs is 2. The van der Waals surface area contributed by atoms with Gasteiger partial charge in [0, 0.05) is 25.8 Å². The topological polar surface area (TPSA) is 95.6 Å². The van der Waals surface area contributed by atoms with Crippen LogP contribution in [0, 0.1) is 0 Å². The molecule has 2 aromatic heterocycles. The highest BCUT2D eigenvalue weighted by atomic mass is 32.1. The number of ether oxygens (including phenoxy) is 2. The lowest BCUT2D eigenvalue weighted by Gasteiger charge is -2.32. The van der Waals surface area contributed by atoms with Gasteiger partial charge in [-0.3, -0.25) is 4.79 Å². The van der Waals surface area contributed by atoms with Crippen molar-refractivity contribution < 1.29 is 14.3 Å². The lowest BCUT2D eigenvalue weighted by Crippen LogP contribution is -2.50. The predicted molar refractivity (Wildman–Crippen MR) is 243 cm³/mol. The normalized spacial score (nSPS) is 13.0. The van der Waals surface area contributed by atoms with E-state index in [4.69, 9.17) is 14.5 Å². The number of hydrogen-bond acceptors (Lipinski definition) is 7. The summed E-state index contributed by atoms with van der Waals surface area (Å²) in [6.07, 6.45) is 21.8. The number of aromatic nitrogens is 4. The third-order valence-electron chi connectivity index (χ3n) is 11.1. The first kappa shape index (κ1) is 43.8. The van der Waals surface area contributed by atoms with Crippen molar-refractivity contribution in [3.8, 4) is 5.75 Å². The zero-order chi connectivity index (χ0) is 41.1. The highest BCUT2D eigenvalue weighted by Gasteiger charge is 2.44. The summed E-state index contributed by atoms with van der Waals surface area (Å²) in [4.78, 5) is 20.3. The lowest BCUT2D eigenvalue weighted by molar-refractivity contribution is -0.158. The first-order valence-electron chi connectivity index (χ1n) is 22.2. The third-order valence-corrected chi connectivity index (χ3v) is 12.2. The molecule has 0 aliphatic rings. The zero-order valence-corrected chi connectivity index (χ0v) is 36.4. The molecule has 1 amide bonds. The van der Waals surface area contributed by atoms with E-state index in [0.29, 0.717) is 23.3 Å². The number of amides is 1. The Balaban J connectivity index is 1.05. The Bertz CT molecular complexity index is 2230. The van der Waals surface area contributed by atoms with Gasteiger partial charge in [-0.1, -0.05) is 162 Å². The number of unbranched alkanes of at least 4 members (excludes halogenated alkanes) is 15. The van der Waals surface area contributed by atoms with Gasteiger partial charge in [0.2, 0.25) is 5.72 Å². The van der Waals surface area contributed by atoms with E-state index < -0.39 is 5.72 Å². The minimum absolute atomic E-state index is 0.223. The van der Waals surface area contributed by atoms with Crippen molar-refractivity contribution in [2.45, 2.75) is 129 Å². The van der Waals surface area contributed by atoms with Crippen LogP contribution in [0.15, 0.2) is 102 Å². The van der Waals surface area contributed by atoms with Crippen LogP contribution in [-0.4, -0.2) is 38.7 Å². The van der Waals surface area contributed by atoms with E-state index >= 15 is 0 Å². The van der Waals surface area contributed by atoms with E-state index in [1.807, 2.05) is 98.9 Å². The van der Waals surface area contributed by atoms with Gasteiger partial charge in [0.25, 0.3) is 5.91 Å². The van der Waals surface area contributed by atoms with E-state index in [1.54, 1.807) is 16.0 Å². The minimum Gasteiger partial charge on any atom is -0.494 e. The lowest BCUT2D eigenvalue weighted by atomic mass is 10.00. The van der Waals surface area contributed by atoms with E-state index in [2.05, 4.69) is 39.3 Å². The Kier molecular flexibility index (Phi) is 17.1. The number of hydrogen-bond donors (Lipinski definition) is 1. The van der Waals surface area contributed by atoms with E-state index in [-0.39, 0.29) is 18.9 Å². The maximum atomic E-state index is 14.5. The molecule has 0 bridgehead atoms. The van der Waals surface area contributed by atoms with E-state index in [0.717, 1.165) is 33.7 Å². The average Bonchev–Trinajstić information content (AvgIpc) is 3.82. The number of anilines is 1. The summed E-state index contributed by atoms with van der Waals surface area (Å²) in [5.74, 6) is 0.479. The molecule has 4 aromatic carbocycles. The van der Waals surface area contributed by atoms with Crippen LogP contribution in [0.2, 0.25) is 0 Å². The number of rotatable bonds is 26. The monoisotopic (exact) mass is 816 g/mol. The van der Waals surface area contributed by atoms with Gasteiger partial charge in [-0.15, -0.1) is 5.10 Å². The number of thiazole rings is 1. The van der Waals surface area contributed by atoms with Crippen molar-refractivity contribution in [3.05, 3.63) is 107 Å². The standard InChI is InChI=1S/C49H64N6O3S/c1-4-6-7-8-9-10-11-12-13-14-15-16-17-18-19-25-36-57-42-33-30-39(31-34-42)38-49(58-5-2,47(56)50-40-26-21-20-22-27-40)55-44-35-32-41(37-43(44)52-53-55)51-48-54(3)45-28-23-24-29-46(45)59-48/h20-24,26-35,37H,4-19,25,36,38H2,1-3H3,(H,50,56). The Labute approximate surface area is 354 Å². The molecule has 1 N–H and O–H groups in total. The molecule has 314 valence electrons. The maximum Gasteiger partial charge on any atom is 0.280 e. The van der Waals surface area contributed by atoms with Crippen LogP contribution in [0.25, 0.3) is 21.3 Å². The second kappa shape index (κ2) is 23.1. The molecule has 10 heteroatoms. The molecule has 6 aromatic rings. The largest absolute Gasteiger partial charge is 0.494 e. The molecule has 0 saturated heterocycles. The molecule has 1 unspecified atom stereocenters. The fraction of sp³-hybridized carbons (Fsp3) is 0.469. The van der Waals surface area contributed by atoms with Crippen LogP contribution in [0.4, 0.5) is 11.4 Å². The van der Waals surface area contributed by atoms with Crippen LogP contribution in [-0.2, 0) is 28.7 Å². The fourth-order valence-electron chi connectivity index (χ4n) is 7.79. The third kappa shape index (κ3) is 12.4. The molecule has 0 aliphatic carbocycles. The van der Waals surface area contributed by atoms with Gasteiger partial charge in [-0.25, -0.2) is 9.67 Å². The van der Waals surface area contributed by atoms with Gasteiger partial charge < -0.3 is 19.4 Å². The highest BCUT2D eigenvalue weighted by molar-refractivity contribution is 7.16. The molecule has 0 radical (unpaired) electrons. The van der Waals surface area contributed by atoms with Crippen LogP contribution in [0.1, 0.15) is 122 Å². The summed E-state index contributed by atoms with van der Waals surface area (Å²) in [5.41, 5.74) is 3.20. The van der Waals surface area contributed by atoms with Gasteiger partial charge in [0.1, 0.15) is 11.3 Å². The van der Waals surface area contributed by atoms with Crippen molar-refractivity contribution >= 4 is 49.9 Å². The van der Waals surface area contributed by atoms with Gasteiger partial charge in [-0.05, 0) is 73.5 Å². The summed E-state index contributed by atoms with van der Waals surface area (Å²) < 4.78 is 17.5. The molecule has 9 nitrogen and oxygen atoms in total. The van der Waals surface area contributed by atoms with Crippen LogP contribution >= 0.6 is 11.3 Å². The Morgan fingerprint density at radius 2 is 1.36 bits per heavy atom. The number of nitrogens with zero attached hydrogens (tertiary/aromatic N) is 5. The van der Waals surface area contributed by atoms with Crippen molar-refractivity contribution in [1.29, 1.82) is 0 Å². The number of benzene rings is 4. The second-order valence-electron chi connectivity index (χ2n) is 15.7. The molecule has 0 saturated carbocycles. The number of para-hydroxylation sites is 2. The van der Waals surface area contributed by atoms with Crippen LogP contribution < -0.4 is 14.9 Å². The zero-order valence-electron chi connectivity index (χ0n) is 35.5. The number of carbonyl (C=O) groups excluding carboxylic acids is 1. The Morgan fingerprint density at radius 3 is 2.00 bits per heavy atom. The molecule has 6 rings (SSSR count). The van der Waals surface area contributed by atoms with Crippen molar-refractivity contribution in [2.75, 3.05) is 18.5 Å². The van der Waals surface area contributed by atoms with E-state index in [9.17, 15) is 4.79 Å². The second-order valence-corrected chi connectivity index (χ2v) is 16.7. The molecular weight excluding hydrogens is 753 g/mol. The quantitative estimate of drug-likeness (QED) is 0.0550.